The van der Waals surface area contributed by atoms with Gasteiger partial charge in [-0.1, -0.05) is 13.8 Å². The Morgan fingerprint density at radius 3 is 1.87 bits per heavy atom. The second kappa shape index (κ2) is 15.1. The minimum atomic E-state index is -1.01. The summed E-state index contributed by atoms with van der Waals surface area (Å²) in [5, 5.41) is 66.9. The molecule has 0 amide bonds. The number of fused-ring (bicyclic) bond motifs is 5. The molecule has 0 radical (unpaired) electrons. The predicted molar refractivity (Wildman–Crippen MR) is 193 cm³/mol. The zero-order chi connectivity index (χ0) is 39.2. The van der Waals surface area contributed by atoms with Crippen LogP contribution < -0.4 is 0 Å². The molecule has 14 nitrogen and oxygen atoms in total. The van der Waals surface area contributed by atoms with Gasteiger partial charge in [0.1, 0.15) is 24.9 Å². The van der Waals surface area contributed by atoms with E-state index < -0.39 is 90.9 Å². The maximum Gasteiger partial charge on any atom is 0.331 e. The molecule has 6 N–H and O–H groups in total. The van der Waals surface area contributed by atoms with Gasteiger partial charge in [0.25, 0.3) is 0 Å². The number of cyclic esters (lactones) is 1. The second-order valence-corrected chi connectivity index (χ2v) is 18.8. The van der Waals surface area contributed by atoms with Gasteiger partial charge < -0.3 is 63.8 Å². The van der Waals surface area contributed by atoms with E-state index in [0.29, 0.717) is 18.8 Å². The Kier molecular flexibility index (Phi) is 11.1. The average molecular weight is 781 g/mol. The number of esters is 1. The van der Waals surface area contributed by atoms with Crippen LogP contribution in [-0.2, 0) is 38.0 Å². The number of aliphatic hydroxyl groups excluding tert-OH is 5. The van der Waals surface area contributed by atoms with Crippen molar-refractivity contribution in [2.75, 3.05) is 6.61 Å². The van der Waals surface area contributed by atoms with Crippen molar-refractivity contribution >= 4 is 5.97 Å². The number of hydrogen-bond acceptors (Lipinski definition) is 14. The molecule has 0 spiro atoms. The topological polar surface area (TPSA) is 203 Å². The van der Waals surface area contributed by atoms with Crippen LogP contribution in [-0.4, -0.2) is 135 Å². The van der Waals surface area contributed by atoms with Crippen LogP contribution >= 0.6 is 0 Å². The van der Waals surface area contributed by atoms with E-state index in [1.165, 1.54) is 0 Å². The monoisotopic (exact) mass is 780 g/mol. The van der Waals surface area contributed by atoms with E-state index in [0.717, 1.165) is 44.1 Å². The molecule has 0 bridgehead atoms. The van der Waals surface area contributed by atoms with Crippen LogP contribution in [0.25, 0.3) is 0 Å². The lowest BCUT2D eigenvalue weighted by molar-refractivity contribution is -0.336. The Balaban J connectivity index is 0.837. The van der Waals surface area contributed by atoms with Gasteiger partial charge in [0, 0.05) is 30.8 Å². The minimum Gasteiger partial charge on any atom is -0.458 e. The fourth-order valence-corrected chi connectivity index (χ4v) is 12.8. The van der Waals surface area contributed by atoms with Gasteiger partial charge in [0.2, 0.25) is 0 Å². The number of hydrogen-bond donors (Lipinski definition) is 6. The van der Waals surface area contributed by atoms with E-state index in [1.807, 2.05) is 13.8 Å². The highest BCUT2D eigenvalue weighted by atomic mass is 16.7. The molecule has 3 saturated heterocycles. The minimum absolute atomic E-state index is 0.0452. The van der Waals surface area contributed by atoms with Gasteiger partial charge in [-0.3, -0.25) is 0 Å². The van der Waals surface area contributed by atoms with Crippen LogP contribution in [0.3, 0.4) is 0 Å². The molecule has 8 rings (SSSR count). The van der Waals surface area contributed by atoms with Crippen molar-refractivity contribution in [1.29, 1.82) is 0 Å². The molecule has 4 aliphatic heterocycles. The van der Waals surface area contributed by atoms with Gasteiger partial charge in [-0.2, -0.15) is 0 Å². The molecule has 55 heavy (non-hydrogen) atoms. The number of aliphatic hydroxyl groups is 6. The molecule has 7 fully saturated rings. The van der Waals surface area contributed by atoms with Gasteiger partial charge in [-0.05, 0) is 107 Å². The highest BCUT2D eigenvalue weighted by Gasteiger charge is 2.71. The first-order valence-electron chi connectivity index (χ1n) is 20.9. The molecule has 21 atom stereocenters. The number of carbonyl (C=O) groups is 1. The highest BCUT2D eigenvalue weighted by Crippen LogP contribution is 2.70. The van der Waals surface area contributed by atoms with Crippen LogP contribution in [0.1, 0.15) is 105 Å². The number of carbonyl (C=O) groups excluding carboxylic acids is 1. The quantitative estimate of drug-likeness (QED) is 0.162. The first-order chi connectivity index (χ1) is 26.0. The second-order valence-electron chi connectivity index (χ2n) is 18.8. The van der Waals surface area contributed by atoms with Gasteiger partial charge in [0.05, 0.1) is 54.4 Å². The summed E-state index contributed by atoms with van der Waals surface area (Å²) >= 11 is 0. The van der Waals surface area contributed by atoms with Gasteiger partial charge in [0.15, 0.2) is 18.9 Å². The van der Waals surface area contributed by atoms with Crippen LogP contribution in [0.15, 0.2) is 11.6 Å². The summed E-state index contributed by atoms with van der Waals surface area (Å²) in [6.07, 6.45) is -1.51. The average Bonchev–Trinajstić information content (AvgIpc) is 3.67. The van der Waals surface area contributed by atoms with E-state index >= 15 is 0 Å². The van der Waals surface area contributed by atoms with Crippen molar-refractivity contribution in [3.63, 3.8) is 0 Å². The Morgan fingerprint density at radius 2 is 1.29 bits per heavy atom. The Hall–Kier alpha value is -1.27. The first kappa shape index (κ1) is 40.5. The summed E-state index contributed by atoms with van der Waals surface area (Å²) in [5.41, 5.74) is -0.892. The van der Waals surface area contributed by atoms with Gasteiger partial charge in [-0.15, -0.1) is 0 Å². The standard InChI is InChI=1S/C41H64O14/c1-19-36(47)28(42)15-34(50-19)54-38-21(3)52-35(17-30(38)44)55-37-20(2)51-33(16-29(37)43)53-24-8-10-39(4)23(13-24)6-7-26-27(39)14-31(45)40(5)25(9-11-41(26,40)48)22-12-32(46)49-18-22/h12,19-21,23-31,33-38,42-45,47-48H,6-11,13-18H2,1-5H3/t19?,20?,21?,23-,24+,25-,26-,27+,28?,29?,30?,31-,33?,34?,35?,36?,37?,38?,39+,40+,41-/m1/s1. The van der Waals surface area contributed by atoms with Gasteiger partial charge in [-0.25, -0.2) is 4.79 Å². The molecule has 312 valence electrons. The molecule has 4 aliphatic carbocycles. The molecule has 4 saturated carbocycles. The fourth-order valence-electron chi connectivity index (χ4n) is 12.8. The molecule has 0 aromatic carbocycles. The lowest BCUT2D eigenvalue weighted by Gasteiger charge is -2.65. The van der Waals surface area contributed by atoms with Crippen molar-refractivity contribution < 1.29 is 68.6 Å². The normalized spacial score (nSPS) is 55.5. The van der Waals surface area contributed by atoms with Crippen molar-refractivity contribution in [2.24, 2.45) is 34.5 Å². The third-order valence-electron chi connectivity index (χ3n) is 16.0. The zero-order valence-corrected chi connectivity index (χ0v) is 32.9. The first-order valence-corrected chi connectivity index (χ1v) is 20.9. The summed E-state index contributed by atoms with van der Waals surface area (Å²) < 4.78 is 42.1. The lowest BCUT2D eigenvalue weighted by Crippen LogP contribution is -2.67. The van der Waals surface area contributed by atoms with Crippen LogP contribution in [0.5, 0.6) is 0 Å². The molecule has 0 aromatic rings. The molecule has 14 heteroatoms. The maximum atomic E-state index is 12.6. The Morgan fingerprint density at radius 1 is 0.691 bits per heavy atom. The lowest BCUT2D eigenvalue weighted by atomic mass is 9.42. The van der Waals surface area contributed by atoms with Crippen molar-refractivity contribution in [2.45, 2.75) is 197 Å². The third kappa shape index (κ3) is 6.95. The van der Waals surface area contributed by atoms with E-state index in [1.54, 1.807) is 19.9 Å². The summed E-state index contributed by atoms with van der Waals surface area (Å²) in [5.74, 6) is 0.204. The highest BCUT2D eigenvalue weighted by molar-refractivity contribution is 5.85. The summed E-state index contributed by atoms with van der Waals surface area (Å²) in [7, 11) is 0. The van der Waals surface area contributed by atoms with Crippen molar-refractivity contribution in [3.8, 4) is 0 Å². The number of rotatable bonds is 7. The van der Waals surface area contributed by atoms with Crippen molar-refractivity contribution in [3.05, 3.63) is 11.6 Å². The largest absolute Gasteiger partial charge is 0.458 e. The summed E-state index contributed by atoms with van der Waals surface area (Å²) in [6, 6.07) is 0. The van der Waals surface area contributed by atoms with Crippen LogP contribution in [0, 0.1) is 34.5 Å². The molecule has 0 aromatic heterocycles. The Labute approximate surface area is 323 Å². The van der Waals surface area contributed by atoms with E-state index in [9.17, 15) is 35.4 Å². The smallest absolute Gasteiger partial charge is 0.331 e. The van der Waals surface area contributed by atoms with Crippen LogP contribution in [0.4, 0.5) is 0 Å². The summed E-state index contributed by atoms with van der Waals surface area (Å²) in [4.78, 5) is 11.9. The Bertz CT molecular complexity index is 1410. The van der Waals surface area contributed by atoms with Crippen LogP contribution in [0.2, 0.25) is 0 Å². The number of ether oxygens (including phenoxy) is 7. The van der Waals surface area contributed by atoms with E-state index in [2.05, 4.69) is 6.92 Å². The summed E-state index contributed by atoms with van der Waals surface area (Å²) in [6.45, 7) is 9.90. The fraction of sp³-hybridized carbons (Fsp3) is 0.927. The zero-order valence-electron chi connectivity index (χ0n) is 32.9. The molecule has 4 heterocycles. The van der Waals surface area contributed by atoms with Crippen molar-refractivity contribution in [1.82, 2.24) is 0 Å². The predicted octanol–water partition coefficient (Wildman–Crippen LogP) is 2.22. The molecular weight excluding hydrogens is 716 g/mol. The van der Waals surface area contributed by atoms with E-state index in [-0.39, 0.29) is 61.1 Å². The van der Waals surface area contributed by atoms with E-state index in [4.69, 9.17) is 33.2 Å². The maximum absolute atomic E-state index is 12.6. The van der Waals surface area contributed by atoms with Gasteiger partial charge >= 0.3 is 5.97 Å². The molecule has 8 aliphatic rings. The SMILES string of the molecule is CC1OC(OC2C(O)CC(OC3C(O)CC(O[C@H]4CC[C@@]5(C)[C@H](CC[C@@H]6[C@@H]5C[C@@H](O)[C@]5(C)[C@@H](C7=CC(=O)OC7)CC[C@@]65O)C4)OC3C)OC2C)CC(O)C1O. The molecular formula is C41H64O14. The third-order valence-corrected chi connectivity index (χ3v) is 16.0. The molecule has 12 unspecified atom stereocenters.